The van der Waals surface area contributed by atoms with E-state index in [1.54, 1.807) is 0 Å². The van der Waals surface area contributed by atoms with Crippen molar-refractivity contribution in [3.63, 3.8) is 0 Å². The molecule has 0 spiro atoms. The van der Waals surface area contributed by atoms with Gasteiger partial charge in [0.25, 0.3) is 0 Å². The summed E-state index contributed by atoms with van der Waals surface area (Å²) in [4.78, 5) is 1.29. The molecule has 1 aromatic carbocycles. The molecule has 0 bridgehead atoms. The normalized spacial score (nSPS) is 14.6. The maximum Gasteiger partial charge on any atom is 0.0417 e. The standard InChI is InChI=1S/C14H22ClNS/c1-4-10(3)17-14-9-12(15)7-6-11(14)8-13(16)5-2/h6-7,9-10,13H,4-5,8,16H2,1-3H3. The van der Waals surface area contributed by atoms with Crippen LogP contribution in [-0.4, -0.2) is 11.3 Å². The van der Waals surface area contributed by atoms with Gasteiger partial charge < -0.3 is 5.73 Å². The van der Waals surface area contributed by atoms with Crippen LogP contribution >= 0.6 is 23.4 Å². The summed E-state index contributed by atoms with van der Waals surface area (Å²) in [5.74, 6) is 0. The lowest BCUT2D eigenvalue weighted by Gasteiger charge is -2.16. The molecular weight excluding hydrogens is 250 g/mol. The third kappa shape index (κ3) is 4.90. The molecule has 2 N–H and O–H groups in total. The second-order valence-corrected chi connectivity index (χ2v) is 6.38. The molecule has 0 radical (unpaired) electrons. The maximum absolute atomic E-state index is 6.07. The molecule has 0 saturated heterocycles. The van der Waals surface area contributed by atoms with E-state index in [2.05, 4.69) is 32.9 Å². The Morgan fingerprint density at radius 1 is 1.29 bits per heavy atom. The van der Waals surface area contributed by atoms with Gasteiger partial charge in [-0.2, -0.15) is 0 Å². The van der Waals surface area contributed by atoms with Crippen molar-refractivity contribution in [1.29, 1.82) is 0 Å². The Labute approximate surface area is 114 Å². The minimum Gasteiger partial charge on any atom is -0.327 e. The summed E-state index contributed by atoms with van der Waals surface area (Å²) in [6.45, 7) is 6.58. The first-order valence-electron chi connectivity index (χ1n) is 6.27. The molecule has 96 valence electrons. The van der Waals surface area contributed by atoms with Crippen LogP contribution < -0.4 is 5.73 Å². The Balaban J connectivity index is 2.87. The first kappa shape index (κ1) is 14.9. The predicted molar refractivity (Wildman–Crippen MR) is 79.0 cm³/mol. The van der Waals surface area contributed by atoms with Crippen molar-refractivity contribution >= 4 is 23.4 Å². The Morgan fingerprint density at radius 3 is 2.59 bits per heavy atom. The summed E-state index contributed by atoms with van der Waals surface area (Å²) in [5, 5.41) is 1.43. The largest absolute Gasteiger partial charge is 0.327 e. The monoisotopic (exact) mass is 271 g/mol. The summed E-state index contributed by atoms with van der Waals surface area (Å²) >= 11 is 7.97. The van der Waals surface area contributed by atoms with Crippen LogP contribution in [0.25, 0.3) is 0 Å². The zero-order chi connectivity index (χ0) is 12.8. The molecule has 2 atom stereocenters. The molecule has 1 aromatic rings. The van der Waals surface area contributed by atoms with Crippen molar-refractivity contribution < 1.29 is 0 Å². The smallest absolute Gasteiger partial charge is 0.0417 e. The number of benzene rings is 1. The molecule has 0 heterocycles. The van der Waals surface area contributed by atoms with Crippen molar-refractivity contribution in [2.45, 2.75) is 56.2 Å². The Hall–Kier alpha value is -0.180. The van der Waals surface area contributed by atoms with Crippen LogP contribution in [0.3, 0.4) is 0 Å². The van der Waals surface area contributed by atoms with Gasteiger partial charge in [-0.25, -0.2) is 0 Å². The van der Waals surface area contributed by atoms with Gasteiger partial charge in [-0.05, 0) is 37.0 Å². The summed E-state index contributed by atoms with van der Waals surface area (Å²) in [7, 11) is 0. The molecule has 0 saturated carbocycles. The SMILES string of the molecule is CCC(N)Cc1ccc(Cl)cc1SC(C)CC. The lowest BCUT2D eigenvalue weighted by Crippen LogP contribution is -2.21. The van der Waals surface area contributed by atoms with Crippen molar-refractivity contribution in [3.8, 4) is 0 Å². The fourth-order valence-corrected chi connectivity index (χ4v) is 2.87. The highest BCUT2D eigenvalue weighted by molar-refractivity contribution is 8.00. The topological polar surface area (TPSA) is 26.0 Å². The van der Waals surface area contributed by atoms with Crippen LogP contribution in [0, 0.1) is 0 Å². The lowest BCUT2D eigenvalue weighted by molar-refractivity contribution is 0.641. The molecule has 2 unspecified atom stereocenters. The lowest BCUT2D eigenvalue weighted by atomic mass is 10.1. The third-order valence-corrected chi connectivity index (χ3v) is 4.54. The Morgan fingerprint density at radius 2 is 2.00 bits per heavy atom. The van der Waals surface area contributed by atoms with Gasteiger partial charge in [0, 0.05) is 21.2 Å². The summed E-state index contributed by atoms with van der Waals surface area (Å²) in [6.07, 6.45) is 3.11. The van der Waals surface area contributed by atoms with Crippen LogP contribution in [0.4, 0.5) is 0 Å². The van der Waals surface area contributed by atoms with E-state index >= 15 is 0 Å². The molecule has 0 aliphatic rings. The van der Waals surface area contributed by atoms with Crippen LogP contribution in [0.15, 0.2) is 23.1 Å². The average Bonchev–Trinajstić information content (AvgIpc) is 2.32. The Kier molecular flexibility index (Phi) is 6.39. The minimum atomic E-state index is 0.243. The van der Waals surface area contributed by atoms with Crippen LogP contribution in [-0.2, 0) is 6.42 Å². The molecule has 3 heteroatoms. The van der Waals surface area contributed by atoms with Crippen LogP contribution in [0.1, 0.15) is 39.2 Å². The van der Waals surface area contributed by atoms with E-state index in [1.165, 1.54) is 10.5 Å². The highest BCUT2D eigenvalue weighted by Gasteiger charge is 2.10. The predicted octanol–water partition coefficient (Wildman–Crippen LogP) is 4.51. The Bertz CT molecular complexity index is 354. The van der Waals surface area contributed by atoms with Gasteiger partial charge >= 0.3 is 0 Å². The maximum atomic E-state index is 6.07. The second-order valence-electron chi connectivity index (χ2n) is 4.46. The van der Waals surface area contributed by atoms with E-state index in [-0.39, 0.29) is 6.04 Å². The number of halogens is 1. The third-order valence-electron chi connectivity index (χ3n) is 2.94. The summed E-state index contributed by atoms with van der Waals surface area (Å²) in [5.41, 5.74) is 7.36. The molecule has 0 aliphatic carbocycles. The van der Waals surface area contributed by atoms with E-state index in [9.17, 15) is 0 Å². The van der Waals surface area contributed by atoms with E-state index in [1.807, 2.05) is 17.8 Å². The highest BCUT2D eigenvalue weighted by Crippen LogP contribution is 2.31. The quantitative estimate of drug-likeness (QED) is 0.771. The first-order chi connectivity index (χ1) is 8.06. The number of thioether (sulfide) groups is 1. The molecule has 1 rings (SSSR count). The number of nitrogens with two attached hydrogens (primary N) is 1. The van der Waals surface area contributed by atoms with Crippen molar-refractivity contribution in [2.24, 2.45) is 5.73 Å². The van der Waals surface area contributed by atoms with Crippen molar-refractivity contribution in [3.05, 3.63) is 28.8 Å². The molecule has 17 heavy (non-hydrogen) atoms. The minimum absolute atomic E-state index is 0.243. The van der Waals surface area contributed by atoms with Gasteiger partial charge in [0.15, 0.2) is 0 Å². The molecule has 0 aliphatic heterocycles. The molecular formula is C14H22ClNS. The fourth-order valence-electron chi connectivity index (χ4n) is 1.53. The van der Waals surface area contributed by atoms with Crippen LogP contribution in [0.2, 0.25) is 5.02 Å². The van der Waals surface area contributed by atoms with Gasteiger partial charge in [-0.15, -0.1) is 11.8 Å². The zero-order valence-corrected chi connectivity index (χ0v) is 12.4. The zero-order valence-electron chi connectivity index (χ0n) is 10.9. The van der Waals surface area contributed by atoms with E-state index < -0.39 is 0 Å². The highest BCUT2D eigenvalue weighted by atomic mass is 35.5. The van der Waals surface area contributed by atoms with E-state index in [0.717, 1.165) is 24.3 Å². The summed E-state index contributed by atoms with van der Waals surface area (Å²) in [6, 6.07) is 6.38. The van der Waals surface area contributed by atoms with E-state index in [0.29, 0.717) is 5.25 Å². The van der Waals surface area contributed by atoms with Crippen LogP contribution in [0.5, 0.6) is 0 Å². The van der Waals surface area contributed by atoms with E-state index in [4.69, 9.17) is 17.3 Å². The fraction of sp³-hybridized carbons (Fsp3) is 0.571. The van der Waals surface area contributed by atoms with Crippen molar-refractivity contribution in [2.75, 3.05) is 0 Å². The second kappa shape index (κ2) is 7.30. The first-order valence-corrected chi connectivity index (χ1v) is 7.53. The van der Waals surface area contributed by atoms with Gasteiger partial charge in [0.1, 0.15) is 0 Å². The number of hydrogen-bond donors (Lipinski definition) is 1. The molecule has 0 fully saturated rings. The molecule has 1 nitrogen and oxygen atoms in total. The number of rotatable bonds is 6. The van der Waals surface area contributed by atoms with Gasteiger partial charge in [-0.3, -0.25) is 0 Å². The average molecular weight is 272 g/mol. The molecule has 0 amide bonds. The van der Waals surface area contributed by atoms with Gasteiger partial charge in [0.2, 0.25) is 0 Å². The molecule has 0 aromatic heterocycles. The summed E-state index contributed by atoms with van der Waals surface area (Å²) < 4.78 is 0. The van der Waals surface area contributed by atoms with Gasteiger partial charge in [0.05, 0.1) is 0 Å². The van der Waals surface area contributed by atoms with Gasteiger partial charge in [-0.1, -0.05) is 38.4 Å². The number of hydrogen-bond acceptors (Lipinski definition) is 2. The van der Waals surface area contributed by atoms with Crippen molar-refractivity contribution in [1.82, 2.24) is 0 Å².